The highest BCUT2D eigenvalue weighted by Crippen LogP contribution is 2.20. The van der Waals surface area contributed by atoms with Gasteiger partial charge < -0.3 is 9.88 Å². The molecule has 0 bridgehead atoms. The zero-order valence-electron chi connectivity index (χ0n) is 9.86. The van der Waals surface area contributed by atoms with Gasteiger partial charge in [0.05, 0.1) is 0 Å². The Morgan fingerprint density at radius 3 is 2.88 bits per heavy atom. The number of hydrogen-bond donors (Lipinski definition) is 1. The zero-order valence-corrected chi connectivity index (χ0v) is 10.7. The standard InChI is InChI=1S/C13H18N2S/c1-14-10-12-9-11-5-3-4-6-13(11)15(12)7-8-16-2/h3-6,9,14H,7-8,10H2,1-2H3. The van der Waals surface area contributed by atoms with E-state index in [1.54, 1.807) is 0 Å². The van der Waals surface area contributed by atoms with Gasteiger partial charge in [-0.15, -0.1) is 0 Å². The summed E-state index contributed by atoms with van der Waals surface area (Å²) in [4.78, 5) is 0. The van der Waals surface area contributed by atoms with Gasteiger partial charge in [-0.25, -0.2) is 0 Å². The summed E-state index contributed by atoms with van der Waals surface area (Å²) in [6.07, 6.45) is 2.16. The molecule has 0 fully saturated rings. The van der Waals surface area contributed by atoms with Gasteiger partial charge in [0.25, 0.3) is 0 Å². The van der Waals surface area contributed by atoms with Crippen LogP contribution in [0.1, 0.15) is 5.69 Å². The van der Waals surface area contributed by atoms with Crippen LogP contribution in [0.2, 0.25) is 0 Å². The maximum absolute atomic E-state index is 3.23. The minimum Gasteiger partial charge on any atom is -0.342 e. The van der Waals surface area contributed by atoms with E-state index in [4.69, 9.17) is 0 Å². The lowest BCUT2D eigenvalue weighted by Crippen LogP contribution is -2.12. The molecule has 2 nitrogen and oxygen atoms in total. The van der Waals surface area contributed by atoms with Gasteiger partial charge in [0.15, 0.2) is 0 Å². The van der Waals surface area contributed by atoms with E-state index in [0.717, 1.165) is 18.8 Å². The lowest BCUT2D eigenvalue weighted by atomic mass is 10.2. The molecule has 0 saturated heterocycles. The van der Waals surface area contributed by atoms with Crippen molar-refractivity contribution in [1.29, 1.82) is 0 Å². The van der Waals surface area contributed by atoms with E-state index in [1.807, 2.05) is 18.8 Å². The Morgan fingerprint density at radius 2 is 2.12 bits per heavy atom. The summed E-state index contributed by atoms with van der Waals surface area (Å²) in [5, 5.41) is 4.58. The van der Waals surface area contributed by atoms with Crippen LogP contribution in [0.25, 0.3) is 10.9 Å². The number of nitrogens with one attached hydrogen (secondary N) is 1. The highest BCUT2D eigenvalue weighted by Gasteiger charge is 2.06. The molecule has 0 saturated carbocycles. The number of fused-ring (bicyclic) bond motifs is 1. The summed E-state index contributed by atoms with van der Waals surface area (Å²) in [7, 11) is 2.00. The van der Waals surface area contributed by atoms with Gasteiger partial charge in [0.1, 0.15) is 0 Å². The minimum absolute atomic E-state index is 0.934. The summed E-state index contributed by atoms with van der Waals surface area (Å²) in [6, 6.07) is 10.9. The number of benzene rings is 1. The Balaban J connectivity index is 2.42. The molecule has 0 spiro atoms. The average Bonchev–Trinajstić information content (AvgIpc) is 2.65. The van der Waals surface area contributed by atoms with Crippen LogP contribution in [0, 0.1) is 0 Å². The first-order chi connectivity index (χ1) is 7.86. The molecule has 0 radical (unpaired) electrons. The highest BCUT2D eigenvalue weighted by atomic mass is 32.2. The average molecular weight is 234 g/mol. The molecule has 0 atom stereocenters. The van der Waals surface area contributed by atoms with Crippen molar-refractivity contribution in [1.82, 2.24) is 9.88 Å². The van der Waals surface area contributed by atoms with Crippen LogP contribution in [0.15, 0.2) is 30.3 Å². The highest BCUT2D eigenvalue weighted by molar-refractivity contribution is 7.98. The molecule has 86 valence electrons. The second-order valence-corrected chi connectivity index (χ2v) is 4.85. The number of thioether (sulfide) groups is 1. The second-order valence-electron chi connectivity index (χ2n) is 3.87. The minimum atomic E-state index is 0.934. The van der Waals surface area contributed by atoms with Crippen molar-refractivity contribution in [3.63, 3.8) is 0 Å². The molecule has 16 heavy (non-hydrogen) atoms. The number of aryl methyl sites for hydroxylation is 1. The van der Waals surface area contributed by atoms with E-state index in [2.05, 4.69) is 46.5 Å². The molecule has 3 heteroatoms. The number of aromatic nitrogens is 1. The van der Waals surface area contributed by atoms with E-state index in [1.165, 1.54) is 16.6 Å². The molecule has 0 amide bonds. The summed E-state index contributed by atoms with van der Waals surface area (Å²) in [6.45, 7) is 2.02. The maximum Gasteiger partial charge on any atom is 0.0483 e. The largest absolute Gasteiger partial charge is 0.342 e. The Kier molecular flexibility index (Phi) is 3.91. The molecule has 0 aliphatic heterocycles. The van der Waals surface area contributed by atoms with E-state index in [-0.39, 0.29) is 0 Å². The molecule has 1 aromatic carbocycles. The molecule has 1 aromatic heterocycles. The van der Waals surface area contributed by atoms with Crippen LogP contribution < -0.4 is 5.32 Å². The topological polar surface area (TPSA) is 17.0 Å². The van der Waals surface area contributed by atoms with Crippen molar-refractivity contribution in [2.24, 2.45) is 0 Å². The van der Waals surface area contributed by atoms with Crippen molar-refractivity contribution >= 4 is 22.7 Å². The Morgan fingerprint density at radius 1 is 1.31 bits per heavy atom. The maximum atomic E-state index is 3.23. The lowest BCUT2D eigenvalue weighted by Gasteiger charge is -2.09. The molecular formula is C13H18N2S. The van der Waals surface area contributed by atoms with Gasteiger partial charge in [-0.2, -0.15) is 11.8 Å². The predicted octanol–water partition coefficient (Wildman–Crippen LogP) is 2.72. The van der Waals surface area contributed by atoms with Crippen LogP contribution in [0.4, 0.5) is 0 Å². The fraction of sp³-hybridized carbons (Fsp3) is 0.385. The van der Waals surface area contributed by atoms with Crippen molar-refractivity contribution in [3.05, 3.63) is 36.0 Å². The SMILES string of the molecule is CNCc1cc2ccccc2n1CCSC. The number of hydrogen-bond acceptors (Lipinski definition) is 2. The monoisotopic (exact) mass is 234 g/mol. The van der Waals surface area contributed by atoms with Gasteiger partial charge in [-0.1, -0.05) is 18.2 Å². The van der Waals surface area contributed by atoms with Crippen molar-refractivity contribution < 1.29 is 0 Å². The van der Waals surface area contributed by atoms with Gasteiger partial charge >= 0.3 is 0 Å². The van der Waals surface area contributed by atoms with E-state index in [9.17, 15) is 0 Å². The van der Waals surface area contributed by atoms with Gasteiger partial charge in [-0.3, -0.25) is 0 Å². The zero-order chi connectivity index (χ0) is 11.4. The first-order valence-electron chi connectivity index (χ1n) is 5.57. The van der Waals surface area contributed by atoms with Crippen LogP contribution in [0.5, 0.6) is 0 Å². The first kappa shape index (κ1) is 11.6. The molecule has 0 aliphatic carbocycles. The fourth-order valence-electron chi connectivity index (χ4n) is 2.04. The third kappa shape index (κ3) is 2.25. The molecule has 0 aliphatic rings. The van der Waals surface area contributed by atoms with Crippen LogP contribution in [-0.4, -0.2) is 23.6 Å². The lowest BCUT2D eigenvalue weighted by molar-refractivity contribution is 0.697. The predicted molar refractivity (Wildman–Crippen MR) is 73.1 cm³/mol. The van der Waals surface area contributed by atoms with Crippen LogP contribution in [0.3, 0.4) is 0 Å². The number of nitrogens with zero attached hydrogens (tertiary/aromatic N) is 1. The quantitative estimate of drug-likeness (QED) is 0.856. The molecule has 1 N–H and O–H groups in total. The number of para-hydroxylation sites is 1. The van der Waals surface area contributed by atoms with Gasteiger partial charge in [0.2, 0.25) is 0 Å². The summed E-state index contributed by atoms with van der Waals surface area (Å²) >= 11 is 1.89. The molecule has 2 rings (SSSR count). The Labute approximate surface area is 101 Å². The van der Waals surface area contributed by atoms with E-state index >= 15 is 0 Å². The van der Waals surface area contributed by atoms with Crippen molar-refractivity contribution in [3.8, 4) is 0 Å². The van der Waals surface area contributed by atoms with Crippen molar-refractivity contribution in [2.45, 2.75) is 13.1 Å². The van der Waals surface area contributed by atoms with Crippen LogP contribution >= 0.6 is 11.8 Å². The number of rotatable bonds is 5. The second kappa shape index (κ2) is 5.41. The van der Waals surface area contributed by atoms with E-state index < -0.39 is 0 Å². The van der Waals surface area contributed by atoms with Gasteiger partial charge in [-0.05, 0) is 30.8 Å². The molecular weight excluding hydrogens is 216 g/mol. The summed E-state index contributed by atoms with van der Waals surface area (Å²) in [5.41, 5.74) is 2.72. The van der Waals surface area contributed by atoms with Gasteiger partial charge in [0, 0.05) is 30.1 Å². The Bertz CT molecular complexity index is 462. The third-order valence-electron chi connectivity index (χ3n) is 2.77. The van der Waals surface area contributed by atoms with E-state index in [0.29, 0.717) is 0 Å². The third-order valence-corrected chi connectivity index (χ3v) is 3.36. The Hall–Kier alpha value is -0.930. The normalized spacial score (nSPS) is 11.1. The smallest absolute Gasteiger partial charge is 0.0483 e. The van der Waals surface area contributed by atoms with Crippen LogP contribution in [-0.2, 0) is 13.1 Å². The first-order valence-corrected chi connectivity index (χ1v) is 6.97. The summed E-state index contributed by atoms with van der Waals surface area (Å²) < 4.78 is 2.42. The fourth-order valence-corrected chi connectivity index (χ4v) is 2.41. The summed E-state index contributed by atoms with van der Waals surface area (Å²) in [5.74, 6) is 1.16. The molecule has 1 heterocycles. The molecule has 0 unspecified atom stereocenters. The molecule has 2 aromatic rings. The van der Waals surface area contributed by atoms with Crippen molar-refractivity contribution in [2.75, 3.05) is 19.1 Å².